The minimum atomic E-state index is -0.383. The molecule has 7 heteroatoms. The summed E-state index contributed by atoms with van der Waals surface area (Å²) in [7, 11) is 1.32. The van der Waals surface area contributed by atoms with E-state index in [1.54, 1.807) is 18.2 Å². The largest absolute Gasteiger partial charge is 0.469 e. The third-order valence-electron chi connectivity index (χ3n) is 3.51. The lowest BCUT2D eigenvalue weighted by molar-refractivity contribution is -0.140. The smallest absolute Gasteiger partial charge is 0.322 e. The van der Waals surface area contributed by atoms with Crippen LogP contribution in [0.15, 0.2) is 48.5 Å². The molecule has 0 aliphatic heterocycles. The normalized spacial score (nSPS) is 10.2. The fourth-order valence-electron chi connectivity index (χ4n) is 2.18. The summed E-state index contributed by atoms with van der Waals surface area (Å²) in [6, 6.07) is 14.1. The number of hydrogen-bond donors (Lipinski definition) is 1. The van der Waals surface area contributed by atoms with E-state index in [0.29, 0.717) is 17.3 Å². The van der Waals surface area contributed by atoms with Crippen LogP contribution in [0.25, 0.3) is 0 Å². The Morgan fingerprint density at radius 1 is 1.08 bits per heavy atom. The Bertz CT molecular complexity index is 738. The molecule has 132 valence electrons. The Morgan fingerprint density at radius 3 is 2.48 bits per heavy atom. The van der Waals surface area contributed by atoms with Crippen molar-refractivity contribution >= 4 is 40.9 Å². The molecule has 0 aliphatic carbocycles. The fourth-order valence-corrected chi connectivity index (χ4v) is 2.53. The van der Waals surface area contributed by atoms with Crippen molar-refractivity contribution in [2.24, 2.45) is 0 Å². The average Bonchev–Trinajstić information content (AvgIpc) is 2.62. The average molecular weight is 381 g/mol. The summed E-state index contributed by atoms with van der Waals surface area (Å²) >= 11 is 12.1. The summed E-state index contributed by atoms with van der Waals surface area (Å²) in [4.78, 5) is 25.6. The van der Waals surface area contributed by atoms with Gasteiger partial charge in [-0.2, -0.15) is 0 Å². The van der Waals surface area contributed by atoms with Crippen LogP contribution in [0.4, 0.5) is 10.5 Å². The summed E-state index contributed by atoms with van der Waals surface area (Å²) < 4.78 is 4.65. The highest BCUT2D eigenvalue weighted by molar-refractivity contribution is 6.43. The van der Waals surface area contributed by atoms with Crippen molar-refractivity contribution < 1.29 is 14.3 Å². The number of ether oxygens (including phenoxy) is 1. The van der Waals surface area contributed by atoms with Gasteiger partial charge in [0.15, 0.2) is 0 Å². The van der Waals surface area contributed by atoms with Crippen LogP contribution in [0, 0.1) is 0 Å². The highest BCUT2D eigenvalue weighted by Gasteiger charge is 2.17. The first-order valence-electron chi connectivity index (χ1n) is 7.62. The predicted octanol–water partition coefficient (Wildman–Crippen LogP) is 4.59. The second-order valence-corrected chi connectivity index (χ2v) is 6.05. The number of hydrogen-bond acceptors (Lipinski definition) is 3. The number of urea groups is 1. The van der Waals surface area contributed by atoms with Crippen LogP contribution in [0.1, 0.15) is 12.0 Å². The van der Waals surface area contributed by atoms with Crippen LogP contribution < -0.4 is 5.32 Å². The molecule has 1 N–H and O–H groups in total. The highest BCUT2D eigenvalue weighted by Crippen LogP contribution is 2.29. The summed E-state index contributed by atoms with van der Waals surface area (Å²) in [5, 5.41) is 3.35. The number of methoxy groups -OCH3 is 1. The molecule has 0 radical (unpaired) electrons. The molecule has 25 heavy (non-hydrogen) atoms. The lowest BCUT2D eigenvalue weighted by Crippen LogP contribution is -2.36. The van der Waals surface area contributed by atoms with Crippen LogP contribution in [-0.2, 0) is 16.1 Å². The Kier molecular flexibility index (Phi) is 7.10. The summed E-state index contributed by atoms with van der Waals surface area (Å²) in [6.07, 6.45) is 0.0973. The van der Waals surface area contributed by atoms with Gasteiger partial charge < -0.3 is 15.0 Å². The molecule has 0 bridgehead atoms. The minimum absolute atomic E-state index is 0.0973. The van der Waals surface area contributed by atoms with Gasteiger partial charge in [0.2, 0.25) is 0 Å². The first kappa shape index (κ1) is 19.1. The van der Waals surface area contributed by atoms with Gasteiger partial charge in [0, 0.05) is 13.1 Å². The van der Waals surface area contributed by atoms with Crippen molar-refractivity contribution in [2.45, 2.75) is 13.0 Å². The second kappa shape index (κ2) is 9.30. The highest BCUT2D eigenvalue weighted by atomic mass is 35.5. The Labute approximate surface area is 156 Å². The zero-order chi connectivity index (χ0) is 18.2. The maximum Gasteiger partial charge on any atom is 0.322 e. The molecule has 0 unspecified atom stereocenters. The topological polar surface area (TPSA) is 58.6 Å². The van der Waals surface area contributed by atoms with E-state index >= 15 is 0 Å². The number of nitrogens with one attached hydrogen (secondary N) is 1. The van der Waals surface area contributed by atoms with Gasteiger partial charge in [0.05, 0.1) is 29.3 Å². The van der Waals surface area contributed by atoms with E-state index in [1.807, 2.05) is 30.3 Å². The van der Waals surface area contributed by atoms with Crippen LogP contribution in [-0.4, -0.2) is 30.6 Å². The van der Waals surface area contributed by atoms with Gasteiger partial charge in [-0.25, -0.2) is 4.79 Å². The van der Waals surface area contributed by atoms with E-state index < -0.39 is 0 Å². The standard InChI is InChI=1S/C18H18Cl2N2O3/c1-25-16(23)10-11-22(12-13-6-3-2-4-7-13)18(24)21-15-9-5-8-14(19)17(15)20/h2-9H,10-12H2,1H3,(H,21,24). The SMILES string of the molecule is COC(=O)CCN(Cc1ccccc1)C(=O)Nc1cccc(Cl)c1Cl. The molecule has 0 aliphatic rings. The molecule has 2 amide bonds. The first-order chi connectivity index (χ1) is 12.0. The van der Waals surface area contributed by atoms with E-state index in [1.165, 1.54) is 12.0 Å². The number of amides is 2. The summed E-state index contributed by atoms with van der Waals surface area (Å²) in [6.45, 7) is 0.563. The zero-order valence-corrected chi connectivity index (χ0v) is 15.2. The minimum Gasteiger partial charge on any atom is -0.469 e. The number of anilines is 1. The molecule has 0 spiro atoms. The van der Waals surface area contributed by atoms with Crippen molar-refractivity contribution in [1.82, 2.24) is 4.90 Å². The monoisotopic (exact) mass is 380 g/mol. The number of carbonyl (C=O) groups is 2. The molecule has 0 aromatic heterocycles. The molecule has 0 saturated carbocycles. The lowest BCUT2D eigenvalue weighted by atomic mass is 10.2. The number of rotatable bonds is 6. The van der Waals surface area contributed by atoms with Crippen molar-refractivity contribution in [3.05, 3.63) is 64.1 Å². The Balaban J connectivity index is 2.13. The van der Waals surface area contributed by atoms with E-state index in [0.717, 1.165) is 5.56 Å². The maximum atomic E-state index is 12.6. The van der Waals surface area contributed by atoms with Gasteiger partial charge >= 0.3 is 12.0 Å². The summed E-state index contributed by atoms with van der Waals surface area (Å²) in [5.41, 5.74) is 1.36. The fraction of sp³-hybridized carbons (Fsp3) is 0.222. The molecule has 5 nitrogen and oxygen atoms in total. The molecule has 0 heterocycles. The predicted molar refractivity (Wildman–Crippen MR) is 99.0 cm³/mol. The molecule has 0 fully saturated rings. The maximum absolute atomic E-state index is 12.6. The molecular formula is C18H18Cl2N2O3. The van der Waals surface area contributed by atoms with E-state index in [-0.39, 0.29) is 30.0 Å². The third-order valence-corrected chi connectivity index (χ3v) is 4.33. The molecule has 0 atom stereocenters. The Morgan fingerprint density at radius 2 is 1.80 bits per heavy atom. The number of nitrogens with zero attached hydrogens (tertiary/aromatic N) is 1. The number of carbonyl (C=O) groups excluding carboxylic acids is 2. The van der Waals surface area contributed by atoms with Crippen molar-refractivity contribution in [3.8, 4) is 0 Å². The van der Waals surface area contributed by atoms with Gasteiger partial charge in [0.25, 0.3) is 0 Å². The van der Waals surface area contributed by atoms with Gasteiger partial charge in [-0.15, -0.1) is 0 Å². The second-order valence-electron chi connectivity index (χ2n) is 5.26. The quantitative estimate of drug-likeness (QED) is 0.745. The van der Waals surface area contributed by atoms with Crippen LogP contribution >= 0.6 is 23.2 Å². The van der Waals surface area contributed by atoms with Crippen molar-refractivity contribution in [1.29, 1.82) is 0 Å². The van der Waals surface area contributed by atoms with Crippen LogP contribution in [0.2, 0.25) is 10.0 Å². The van der Waals surface area contributed by atoms with Crippen molar-refractivity contribution in [2.75, 3.05) is 19.0 Å². The molecule has 2 aromatic carbocycles. The number of benzene rings is 2. The number of halogens is 2. The molecule has 2 rings (SSSR count). The zero-order valence-electron chi connectivity index (χ0n) is 13.7. The van der Waals surface area contributed by atoms with Crippen LogP contribution in [0.3, 0.4) is 0 Å². The lowest BCUT2D eigenvalue weighted by Gasteiger charge is -2.23. The molecule has 0 saturated heterocycles. The third kappa shape index (κ3) is 5.66. The first-order valence-corrected chi connectivity index (χ1v) is 8.37. The van der Waals surface area contributed by atoms with E-state index in [2.05, 4.69) is 10.1 Å². The van der Waals surface area contributed by atoms with Gasteiger partial charge in [-0.05, 0) is 17.7 Å². The van der Waals surface area contributed by atoms with Gasteiger partial charge in [-0.1, -0.05) is 59.6 Å². The molecular weight excluding hydrogens is 363 g/mol. The van der Waals surface area contributed by atoms with Crippen molar-refractivity contribution in [3.63, 3.8) is 0 Å². The number of esters is 1. The van der Waals surface area contributed by atoms with E-state index in [9.17, 15) is 9.59 Å². The van der Waals surface area contributed by atoms with E-state index in [4.69, 9.17) is 23.2 Å². The summed E-state index contributed by atoms with van der Waals surface area (Å²) in [5.74, 6) is -0.383. The van der Waals surface area contributed by atoms with Gasteiger partial charge in [-0.3, -0.25) is 4.79 Å². The van der Waals surface area contributed by atoms with Gasteiger partial charge in [0.1, 0.15) is 0 Å². The molecule has 2 aromatic rings. The van der Waals surface area contributed by atoms with Crippen LogP contribution in [0.5, 0.6) is 0 Å². The Hall–Kier alpha value is -2.24.